The number of hydrogen-bond acceptors (Lipinski definition) is 7. The first-order chi connectivity index (χ1) is 20.9. The van der Waals surface area contributed by atoms with Crippen LogP contribution in [-0.2, 0) is 14.4 Å². The molecule has 0 spiro atoms. The van der Waals surface area contributed by atoms with Gasteiger partial charge < -0.3 is 19.4 Å². The van der Waals surface area contributed by atoms with Crippen LogP contribution in [0.4, 0.5) is 0 Å². The highest BCUT2D eigenvalue weighted by atomic mass is 16.6. The first-order valence-electron chi connectivity index (χ1n) is 16.4. The van der Waals surface area contributed by atoms with E-state index in [0.29, 0.717) is 42.2 Å². The highest BCUT2D eigenvalue weighted by molar-refractivity contribution is 6.41. The molecule has 4 bridgehead atoms. The maximum atomic E-state index is 14.2. The summed E-state index contributed by atoms with van der Waals surface area (Å²) in [7, 11) is 0. The molecule has 2 aromatic rings. The molecule has 2 unspecified atom stereocenters. The van der Waals surface area contributed by atoms with E-state index in [1.165, 1.54) is 44.9 Å². The average molecular weight is 592 g/mol. The van der Waals surface area contributed by atoms with Crippen LogP contribution in [0.5, 0.6) is 0 Å². The minimum absolute atomic E-state index is 0.0611. The first kappa shape index (κ1) is 29.8. The van der Waals surface area contributed by atoms with E-state index < -0.39 is 23.8 Å². The number of hydrogen-bond donors (Lipinski definition) is 1. The number of carboxylic acid groups (broad SMARTS) is 1. The highest BCUT2D eigenvalue weighted by Crippen LogP contribution is 2.47. The van der Waals surface area contributed by atoms with Gasteiger partial charge in [0.05, 0.1) is 11.0 Å². The van der Waals surface area contributed by atoms with Crippen LogP contribution >= 0.6 is 0 Å². The van der Waals surface area contributed by atoms with E-state index in [4.69, 9.17) is 4.84 Å². The predicted molar refractivity (Wildman–Crippen MR) is 164 cm³/mol. The van der Waals surface area contributed by atoms with E-state index in [-0.39, 0.29) is 17.6 Å². The molecule has 4 fully saturated rings. The van der Waals surface area contributed by atoms with E-state index in [1.54, 1.807) is 15.5 Å². The number of nitrogens with zero attached hydrogens (tertiary/aromatic N) is 5. The Hall–Kier alpha value is -3.27. The summed E-state index contributed by atoms with van der Waals surface area (Å²) in [5, 5.41) is 13.9. The highest BCUT2D eigenvalue weighted by Gasteiger charge is 2.45. The zero-order chi connectivity index (χ0) is 30.1. The number of carbonyl (C=O) groups excluding carboxylic acids is 1. The summed E-state index contributed by atoms with van der Waals surface area (Å²) in [5.74, 6) is 0.00516. The van der Waals surface area contributed by atoms with Crippen LogP contribution in [-0.4, -0.2) is 79.9 Å². The summed E-state index contributed by atoms with van der Waals surface area (Å²) < 4.78 is 1.79. The Labute approximate surface area is 253 Å². The van der Waals surface area contributed by atoms with Gasteiger partial charge in [0.1, 0.15) is 0 Å². The number of benzene rings is 1. The Bertz CT molecular complexity index is 1410. The summed E-state index contributed by atoms with van der Waals surface area (Å²) in [5.41, 5.74) is -0.0556. The number of amides is 1. The third kappa shape index (κ3) is 5.95. The number of aromatic nitrogens is 2. The van der Waals surface area contributed by atoms with E-state index in [2.05, 4.69) is 15.0 Å². The molecule has 10 nitrogen and oxygen atoms in total. The van der Waals surface area contributed by atoms with E-state index in [1.807, 2.05) is 32.0 Å². The minimum Gasteiger partial charge on any atom is -0.476 e. The molecule has 43 heavy (non-hydrogen) atoms. The van der Waals surface area contributed by atoms with Crippen LogP contribution in [0.25, 0.3) is 11.0 Å². The molecule has 1 aromatic heterocycles. The van der Waals surface area contributed by atoms with Crippen molar-refractivity contribution in [3.05, 3.63) is 40.3 Å². The predicted octanol–water partition coefficient (Wildman–Crippen LogP) is 4.60. The lowest BCUT2D eigenvalue weighted by molar-refractivity contribution is -0.136. The second-order valence-corrected chi connectivity index (χ2v) is 13.0. The van der Waals surface area contributed by atoms with Gasteiger partial charge in [-0.05, 0) is 82.8 Å². The molecule has 2 saturated carbocycles. The Morgan fingerprint density at radius 2 is 1.58 bits per heavy atom. The van der Waals surface area contributed by atoms with Crippen molar-refractivity contribution in [3.8, 4) is 0 Å². The fourth-order valence-corrected chi connectivity index (χ4v) is 8.81. The van der Waals surface area contributed by atoms with Gasteiger partial charge in [-0.15, -0.1) is 0 Å². The van der Waals surface area contributed by atoms with Gasteiger partial charge >= 0.3 is 5.97 Å². The van der Waals surface area contributed by atoms with Crippen LogP contribution in [0.3, 0.4) is 0 Å². The molecule has 10 heteroatoms. The van der Waals surface area contributed by atoms with Crippen molar-refractivity contribution < 1.29 is 19.5 Å². The Morgan fingerprint density at radius 3 is 2.23 bits per heavy atom. The first-order valence-corrected chi connectivity index (χ1v) is 16.4. The zero-order valence-electron chi connectivity index (χ0n) is 25.5. The molecule has 2 aliphatic carbocycles. The number of fused-ring (bicyclic) bond motifs is 5. The summed E-state index contributed by atoms with van der Waals surface area (Å²) in [4.78, 5) is 53.0. The second-order valence-electron chi connectivity index (χ2n) is 13.0. The van der Waals surface area contributed by atoms with Crippen LogP contribution in [0.1, 0.15) is 96.2 Å². The van der Waals surface area contributed by atoms with Crippen molar-refractivity contribution in [2.75, 3.05) is 19.7 Å². The van der Waals surface area contributed by atoms with Crippen molar-refractivity contribution in [1.29, 1.82) is 0 Å². The van der Waals surface area contributed by atoms with Gasteiger partial charge in [0.2, 0.25) is 5.71 Å². The molecule has 1 aromatic carbocycles. The fourth-order valence-electron chi connectivity index (χ4n) is 8.81. The van der Waals surface area contributed by atoms with Crippen molar-refractivity contribution in [1.82, 2.24) is 19.4 Å². The summed E-state index contributed by atoms with van der Waals surface area (Å²) in [6.07, 6.45) is 13.4. The van der Waals surface area contributed by atoms with Crippen molar-refractivity contribution >= 4 is 28.6 Å². The maximum absolute atomic E-state index is 14.2. The molecule has 2 saturated heterocycles. The zero-order valence-corrected chi connectivity index (χ0v) is 25.5. The van der Waals surface area contributed by atoms with E-state index in [9.17, 15) is 19.5 Å². The van der Waals surface area contributed by atoms with Gasteiger partial charge in [0.25, 0.3) is 11.5 Å². The number of piperidine rings is 2. The number of rotatable bonds is 9. The topological polar surface area (TPSA) is 117 Å². The van der Waals surface area contributed by atoms with Gasteiger partial charge in [-0.25, -0.2) is 9.78 Å². The van der Waals surface area contributed by atoms with Gasteiger partial charge in [0, 0.05) is 37.3 Å². The van der Waals surface area contributed by atoms with Gasteiger partial charge in [0.15, 0.2) is 12.3 Å². The molecular weight excluding hydrogens is 546 g/mol. The van der Waals surface area contributed by atoms with Crippen LogP contribution < -0.4 is 5.56 Å². The molecule has 3 heterocycles. The standard InChI is InChI=1S/C33H45N5O5/c1-3-36(4-2)29(39)20-43-35-31(33(41)42)30-32(40)38(28-14-6-5-13-27(28)34-30)26-18-23-11-8-12-24(19-26)37(23)25-16-21-9-7-10-22(15-21)17-25/h5-6,13-14,21-26H,3-4,7-12,15-20H2,1-2H3,(H,41,42)/b35-31-/t21-,22+,23-,24+,25?,26?. The molecule has 2 aliphatic heterocycles. The Balaban J connectivity index is 1.31. The molecule has 6 atom stereocenters. The Morgan fingerprint density at radius 1 is 0.930 bits per heavy atom. The average Bonchev–Trinajstić information content (AvgIpc) is 2.99. The van der Waals surface area contributed by atoms with Crippen LogP contribution in [0.15, 0.2) is 34.2 Å². The van der Waals surface area contributed by atoms with E-state index in [0.717, 1.165) is 37.5 Å². The summed E-state index contributed by atoms with van der Waals surface area (Å²) in [6, 6.07) is 8.85. The molecule has 0 radical (unpaired) electrons. The third-order valence-corrected chi connectivity index (χ3v) is 10.6. The lowest BCUT2D eigenvalue weighted by Gasteiger charge is -2.55. The molecule has 1 amide bonds. The lowest BCUT2D eigenvalue weighted by Crippen LogP contribution is -2.58. The van der Waals surface area contributed by atoms with Crippen molar-refractivity contribution in [2.24, 2.45) is 17.0 Å². The minimum atomic E-state index is -1.42. The molecular formula is C33H45N5O5. The van der Waals surface area contributed by atoms with Gasteiger partial charge in [-0.1, -0.05) is 43.0 Å². The Kier molecular flexibility index (Phi) is 8.84. The smallest absolute Gasteiger partial charge is 0.360 e. The fraction of sp³-hybridized carbons (Fsp3) is 0.667. The molecule has 4 aliphatic rings. The van der Waals surface area contributed by atoms with Gasteiger partial charge in [-0.3, -0.25) is 14.5 Å². The number of oxime groups is 1. The van der Waals surface area contributed by atoms with Crippen molar-refractivity contribution in [3.63, 3.8) is 0 Å². The summed E-state index contributed by atoms with van der Waals surface area (Å²) >= 11 is 0. The quantitative estimate of drug-likeness (QED) is 0.335. The number of carbonyl (C=O) groups is 2. The monoisotopic (exact) mass is 591 g/mol. The molecule has 232 valence electrons. The SMILES string of the molecule is CCN(CC)C(=O)CO/N=C(\C(=O)O)c1nc2ccccc2n(C2C[C@H]3CCC[C@@H](C2)N3C2C[C@H]3CCC[C@@H](C2)C3)c1=O. The second kappa shape index (κ2) is 12.8. The number of carboxylic acids is 1. The largest absolute Gasteiger partial charge is 0.476 e. The normalized spacial score (nSPS) is 29.3. The summed E-state index contributed by atoms with van der Waals surface area (Å²) in [6.45, 7) is 4.31. The number of para-hydroxylation sites is 2. The number of aliphatic carboxylic acids is 1. The van der Waals surface area contributed by atoms with Crippen LogP contribution in [0.2, 0.25) is 0 Å². The van der Waals surface area contributed by atoms with E-state index >= 15 is 0 Å². The third-order valence-electron chi connectivity index (χ3n) is 10.6. The maximum Gasteiger partial charge on any atom is 0.360 e. The van der Waals surface area contributed by atoms with Crippen LogP contribution in [0, 0.1) is 11.8 Å². The van der Waals surface area contributed by atoms with Gasteiger partial charge in [-0.2, -0.15) is 0 Å². The number of likely N-dealkylation sites (N-methyl/N-ethyl adjacent to an activating group) is 1. The van der Waals surface area contributed by atoms with Crippen molar-refractivity contribution in [2.45, 2.75) is 109 Å². The molecule has 1 N–H and O–H groups in total. The molecule has 6 rings (SSSR count). The lowest BCUT2D eigenvalue weighted by atomic mass is 9.68.